The van der Waals surface area contributed by atoms with Crippen molar-refractivity contribution in [3.63, 3.8) is 0 Å². The van der Waals surface area contributed by atoms with Gasteiger partial charge in [0.25, 0.3) is 23.6 Å². The van der Waals surface area contributed by atoms with Crippen molar-refractivity contribution in [1.82, 2.24) is 80.1 Å². The Hall–Kier alpha value is -13.2. The number of anilines is 3. The molecule has 6 aromatic heterocycles. The summed E-state index contributed by atoms with van der Waals surface area (Å²) in [5, 5.41) is 17.2. The van der Waals surface area contributed by atoms with E-state index in [-0.39, 0.29) is 23.6 Å². The topological polar surface area (TPSA) is 311 Å². The average Bonchev–Trinajstić information content (AvgIpc) is 1.09. The summed E-state index contributed by atoms with van der Waals surface area (Å²) in [6.45, 7) is 27.0. The van der Waals surface area contributed by atoms with Crippen LogP contribution in [0.4, 0.5) is 17.5 Å². The third kappa shape index (κ3) is 24.6. The molecular weight excluding hydrogens is 1570 g/mol. The second-order valence-corrected chi connectivity index (χ2v) is 31.3. The van der Waals surface area contributed by atoms with Crippen molar-refractivity contribution < 1.29 is 28.7 Å². The summed E-state index contributed by atoms with van der Waals surface area (Å²) in [5.41, 5.74) is 32.1. The van der Waals surface area contributed by atoms with Crippen LogP contribution in [0.25, 0.3) is 38.1 Å². The fourth-order valence-electron chi connectivity index (χ4n) is 14.5. The van der Waals surface area contributed by atoms with Gasteiger partial charge in [0.1, 0.15) is 40.6 Å². The maximum atomic E-state index is 12.7. The molecule has 124 heavy (non-hydrogen) atoms. The molecule has 26 heteroatoms. The molecule has 4 aliphatic heterocycles. The van der Waals surface area contributed by atoms with Crippen LogP contribution < -0.4 is 38.5 Å². The molecule has 0 bridgehead atoms. The molecule has 0 aliphatic carbocycles. The van der Waals surface area contributed by atoms with Crippen molar-refractivity contribution in [3.05, 3.63) is 271 Å². The van der Waals surface area contributed by atoms with Crippen LogP contribution in [0.2, 0.25) is 5.02 Å². The lowest BCUT2D eigenvalue weighted by Gasteiger charge is -2.32. The number of ether oxygens (including phenoxy) is 2. The van der Waals surface area contributed by atoms with Crippen molar-refractivity contribution in [1.29, 1.82) is 0 Å². The molecule has 4 amide bonds. The molecule has 12 aromatic rings. The van der Waals surface area contributed by atoms with Gasteiger partial charge >= 0.3 is 0 Å². The first kappa shape index (κ1) is 88.6. The Morgan fingerprint density at radius 3 is 1.37 bits per heavy atom. The second-order valence-electron chi connectivity index (χ2n) is 30.9. The minimum absolute atomic E-state index is 0.0518. The van der Waals surface area contributed by atoms with Crippen LogP contribution in [-0.4, -0.2) is 234 Å². The van der Waals surface area contributed by atoms with Gasteiger partial charge in [-0.25, -0.2) is 24.9 Å². The Morgan fingerprint density at radius 1 is 0.403 bits per heavy atom. The Kier molecular flexibility index (Phi) is 31.5. The molecule has 6 aromatic carbocycles. The summed E-state index contributed by atoms with van der Waals surface area (Å²) in [6.07, 6.45) is 15.7. The van der Waals surface area contributed by atoms with E-state index in [0.717, 1.165) is 212 Å². The molecule has 10 heterocycles. The van der Waals surface area contributed by atoms with E-state index in [2.05, 4.69) is 130 Å². The normalized spacial score (nSPS) is 14.3. The second kappa shape index (κ2) is 44.1. The van der Waals surface area contributed by atoms with Gasteiger partial charge in [-0.3, -0.25) is 43.3 Å². The molecule has 10 N–H and O–H groups in total. The number of aromatic nitrogens is 7. The highest BCUT2D eigenvalue weighted by Gasteiger charge is 2.19. The molecule has 4 saturated heterocycles. The van der Waals surface area contributed by atoms with Gasteiger partial charge in [-0.1, -0.05) is 114 Å². The van der Waals surface area contributed by atoms with Crippen LogP contribution in [0, 0.1) is 75.1 Å². The number of nitrogens with two attached hydrogens (primary N) is 3. The van der Waals surface area contributed by atoms with Crippen LogP contribution in [0.5, 0.6) is 0 Å². The fourth-order valence-corrected chi connectivity index (χ4v) is 14.7. The first-order chi connectivity index (χ1) is 60.3. The molecule has 4 fully saturated rings. The number of hydrogen-bond acceptors (Lipinski definition) is 20. The predicted molar refractivity (Wildman–Crippen MR) is 491 cm³/mol. The lowest BCUT2D eigenvalue weighted by Crippen LogP contribution is -2.46. The molecule has 0 atom stereocenters. The number of fused-ring (bicyclic) bond motifs is 4. The van der Waals surface area contributed by atoms with Crippen LogP contribution in [0.15, 0.2) is 177 Å². The Balaban J connectivity index is 0.000000142. The number of piperidine rings is 1. The number of nitrogen functional groups attached to an aromatic ring is 3. The summed E-state index contributed by atoms with van der Waals surface area (Å²) in [6, 6.07) is 41.4. The number of hydrogen-bond donors (Lipinski definition) is 7. The number of halogens is 1. The summed E-state index contributed by atoms with van der Waals surface area (Å²) in [7, 11) is 2.14. The van der Waals surface area contributed by atoms with Gasteiger partial charge in [0.2, 0.25) is 0 Å². The summed E-state index contributed by atoms with van der Waals surface area (Å²) >= 11 is 6.18. The zero-order valence-electron chi connectivity index (χ0n) is 70.8. The highest BCUT2D eigenvalue weighted by molar-refractivity contribution is 6.31. The highest BCUT2D eigenvalue weighted by Crippen LogP contribution is 2.27. The minimum atomic E-state index is -0.0971. The zero-order chi connectivity index (χ0) is 86.7. The van der Waals surface area contributed by atoms with Gasteiger partial charge in [-0.05, 0) is 168 Å². The van der Waals surface area contributed by atoms with Crippen molar-refractivity contribution in [2.24, 2.45) is 0 Å². The number of pyridine rings is 4. The summed E-state index contributed by atoms with van der Waals surface area (Å²) in [5.74, 6) is 26.3. The standard InChI is InChI=1S/C26H28ClN5O.C25H26N4O2.C24H25N5O2.C23H25N5O/c1-18-3-4-20(26(33)29-9-10-32-13-11-31(2)12-14-32)15-19(18)6-8-23-24-16-22(27)7-5-21(24)17-30-25(23)28;1-18-6-7-20(25(30)27-10-11-29-12-14-31-15-13-29)16-19(18)8-9-21-17-28-24(26)23-5-3-2-4-22(21)23;1-17-4-5-19(24(30)27-9-10-29-11-13-31-14-12-29)15-18(17)6-7-20-16-28-23(25)22-21(20)3-2-8-26-22;1-18-5-6-20(23(29)25-11-14-27-12-3-2-4-13-27)15-19(18)7-8-21-16-26-22-9-10-24-17-28(21)22/h3-5,7,15-17H,9-14H2,1-2H3,(H2,28,30)(H,29,33);2-7,16-17H,10-15H2,1H3,(H2,26,28)(H,27,30);2-5,8,15-16H,9-14H2,1H3,(H2,25,28)(H,27,30);5-6,9-10,15-17H,2-4,11-14H2,1H3,(H,25,29). The van der Waals surface area contributed by atoms with Crippen molar-refractivity contribution in [2.75, 3.05) is 168 Å². The molecular formula is C98H104ClN19O6. The van der Waals surface area contributed by atoms with Gasteiger partial charge in [0.05, 0.1) is 49.3 Å². The third-order valence-corrected chi connectivity index (χ3v) is 22.4. The van der Waals surface area contributed by atoms with E-state index in [1.54, 1.807) is 43.5 Å². The first-order valence-corrected chi connectivity index (χ1v) is 42.3. The van der Waals surface area contributed by atoms with Crippen LogP contribution in [0.1, 0.15) is 128 Å². The first-order valence-electron chi connectivity index (χ1n) is 41.9. The van der Waals surface area contributed by atoms with E-state index in [9.17, 15) is 19.2 Å². The molecule has 16 rings (SSSR count). The van der Waals surface area contributed by atoms with Gasteiger partial charge in [-0.2, -0.15) is 0 Å². The fraction of sp³-hybridized carbons (Fsp3) is 0.306. The summed E-state index contributed by atoms with van der Waals surface area (Å²) in [4.78, 5) is 87.6. The number of likely N-dealkylation sites (tertiary alicyclic amines) is 1. The van der Waals surface area contributed by atoms with E-state index >= 15 is 0 Å². The SMILES string of the molecule is Cc1ccc(C(=O)NCCN2CCCCC2)cc1C#Cc1cnc2ccncn12.Cc1ccc(C(=O)NCCN2CCN(C)CC2)cc1C#Cc1c(N)ncc2ccc(Cl)cc12.Cc1ccc(C(=O)NCCN2CCOCC2)cc1C#Cc1cnc(N)c2ccccc12.Cc1ccc(C(=O)NCCN2CCOCC2)cc1C#Cc1cnc(N)c2ncccc12. The quantitative estimate of drug-likeness (QED) is 0.0442. The number of likely N-dealkylation sites (N-methyl/N-ethyl adjacent to an activating group) is 1. The van der Waals surface area contributed by atoms with E-state index in [4.69, 9.17) is 38.3 Å². The van der Waals surface area contributed by atoms with Gasteiger partial charge < -0.3 is 57.7 Å². The maximum Gasteiger partial charge on any atom is 0.251 e. The van der Waals surface area contributed by atoms with Crippen LogP contribution in [-0.2, 0) is 9.47 Å². The molecule has 4 aliphatic rings. The zero-order valence-corrected chi connectivity index (χ0v) is 71.6. The van der Waals surface area contributed by atoms with Gasteiger partial charge in [0.15, 0.2) is 0 Å². The number of aryl methyl sites for hydroxylation is 4. The number of carbonyl (C=O) groups is 4. The minimum Gasteiger partial charge on any atom is -0.383 e. The number of imidazole rings is 1. The van der Waals surface area contributed by atoms with E-state index in [0.29, 0.717) is 82.0 Å². The molecule has 634 valence electrons. The number of morpholine rings is 2. The third-order valence-electron chi connectivity index (χ3n) is 22.1. The average molecular weight is 1680 g/mol. The van der Waals surface area contributed by atoms with E-state index in [1.165, 1.54) is 19.3 Å². The number of rotatable bonds is 16. The molecule has 0 unspecified atom stereocenters. The van der Waals surface area contributed by atoms with E-state index in [1.807, 2.05) is 166 Å². The summed E-state index contributed by atoms with van der Waals surface area (Å²) < 4.78 is 12.5. The van der Waals surface area contributed by atoms with Gasteiger partial charge in [-0.15, -0.1) is 0 Å². The van der Waals surface area contributed by atoms with Crippen molar-refractivity contribution in [2.45, 2.75) is 47.0 Å². The molecule has 0 radical (unpaired) electrons. The lowest BCUT2D eigenvalue weighted by atomic mass is 10.0. The number of amides is 4. The monoisotopic (exact) mass is 1680 g/mol. The largest absolute Gasteiger partial charge is 0.383 e. The molecule has 0 saturated carbocycles. The Bertz CT molecular complexity index is 5910. The predicted octanol–water partition coefficient (Wildman–Crippen LogP) is 10.4. The molecule has 0 spiro atoms. The number of piperazine rings is 1. The Morgan fingerprint density at radius 2 is 0.847 bits per heavy atom. The molecule has 25 nitrogen and oxygen atoms in total. The van der Waals surface area contributed by atoms with E-state index < -0.39 is 0 Å². The smallest absolute Gasteiger partial charge is 0.251 e. The maximum absolute atomic E-state index is 12.7. The number of nitrogens with zero attached hydrogens (tertiary/aromatic N) is 12. The number of nitrogens with one attached hydrogen (secondary N) is 4. The van der Waals surface area contributed by atoms with Gasteiger partial charge in [0, 0.05) is 212 Å². The van der Waals surface area contributed by atoms with Crippen LogP contribution in [0.3, 0.4) is 0 Å². The van der Waals surface area contributed by atoms with Crippen molar-refractivity contribution >= 4 is 90.8 Å². The number of benzene rings is 6. The lowest BCUT2D eigenvalue weighted by molar-refractivity contribution is 0.0382. The number of carbonyl (C=O) groups excluding carboxylic acids is 4. The van der Waals surface area contributed by atoms with Crippen LogP contribution >= 0.6 is 11.6 Å². The van der Waals surface area contributed by atoms with Crippen molar-refractivity contribution in [3.8, 4) is 47.4 Å². The Labute approximate surface area is 729 Å². The highest BCUT2D eigenvalue weighted by atomic mass is 35.5.